The van der Waals surface area contributed by atoms with Gasteiger partial charge in [-0.25, -0.2) is 4.79 Å². The number of unbranched alkanes of at least 4 members (excludes halogenated alkanes) is 4. The molecule has 0 radical (unpaired) electrons. The van der Waals surface area contributed by atoms with Gasteiger partial charge in [0, 0.05) is 13.5 Å². The zero-order chi connectivity index (χ0) is 23.3. The summed E-state index contributed by atoms with van der Waals surface area (Å²) < 4.78 is 11.6. The standard InChI is InChI=1S/C26H42N2O4/c1-5-23-19(2)20(3)25(28-21(4)29)24(32-23)16-12-7-6-8-13-17-27-26(30)31-18-22-14-10-9-11-15-22/h9-11,14-15,19-20,23-25H,5-8,12-13,16-18H2,1-4H3,(H,27,30)(H,28,29). The third-order valence-corrected chi connectivity index (χ3v) is 6.65. The summed E-state index contributed by atoms with van der Waals surface area (Å²) in [4.78, 5) is 23.5. The van der Waals surface area contributed by atoms with E-state index in [4.69, 9.17) is 9.47 Å². The van der Waals surface area contributed by atoms with Crippen LogP contribution in [0.5, 0.6) is 0 Å². The van der Waals surface area contributed by atoms with Crippen LogP contribution in [0, 0.1) is 11.8 Å². The Kier molecular flexibility index (Phi) is 11.6. The minimum Gasteiger partial charge on any atom is -0.445 e. The number of ether oxygens (including phenoxy) is 2. The Balaban J connectivity index is 1.57. The molecule has 6 heteroatoms. The second-order valence-corrected chi connectivity index (χ2v) is 9.11. The minimum atomic E-state index is -0.360. The molecule has 0 spiro atoms. The first-order valence-electron chi connectivity index (χ1n) is 12.3. The molecule has 2 N–H and O–H groups in total. The van der Waals surface area contributed by atoms with Crippen LogP contribution >= 0.6 is 0 Å². The summed E-state index contributed by atoms with van der Waals surface area (Å²) in [5.74, 6) is 0.877. The Morgan fingerprint density at radius 2 is 1.66 bits per heavy atom. The predicted molar refractivity (Wildman–Crippen MR) is 127 cm³/mol. The van der Waals surface area contributed by atoms with Crippen molar-refractivity contribution < 1.29 is 19.1 Å². The summed E-state index contributed by atoms with van der Waals surface area (Å²) in [6.45, 7) is 9.17. The molecule has 1 aromatic rings. The Hall–Kier alpha value is -2.08. The molecule has 1 aliphatic heterocycles. The van der Waals surface area contributed by atoms with E-state index in [9.17, 15) is 9.59 Å². The highest BCUT2D eigenvalue weighted by Gasteiger charge is 2.40. The van der Waals surface area contributed by atoms with E-state index in [1.54, 1.807) is 6.92 Å². The van der Waals surface area contributed by atoms with Gasteiger partial charge < -0.3 is 20.1 Å². The molecule has 32 heavy (non-hydrogen) atoms. The molecule has 5 atom stereocenters. The Labute approximate surface area is 193 Å². The summed E-state index contributed by atoms with van der Waals surface area (Å²) in [6, 6.07) is 9.77. The van der Waals surface area contributed by atoms with Crippen LogP contribution in [-0.2, 0) is 20.9 Å². The highest BCUT2D eigenvalue weighted by atomic mass is 16.5. The fourth-order valence-corrected chi connectivity index (χ4v) is 4.58. The summed E-state index contributed by atoms with van der Waals surface area (Å²) in [5.41, 5.74) is 0.986. The minimum absolute atomic E-state index is 0.0207. The molecule has 1 saturated heterocycles. The zero-order valence-electron chi connectivity index (χ0n) is 20.3. The normalized spacial score (nSPS) is 25.2. The number of benzene rings is 1. The van der Waals surface area contributed by atoms with Crippen LogP contribution in [0.1, 0.15) is 78.2 Å². The van der Waals surface area contributed by atoms with Crippen LogP contribution in [0.2, 0.25) is 0 Å². The SMILES string of the molecule is CCC1OC(CCCCCCCNC(=O)OCc2ccccc2)C(NC(C)=O)C(C)C1C. The molecule has 1 aromatic carbocycles. The van der Waals surface area contributed by atoms with Crippen molar-refractivity contribution in [3.05, 3.63) is 35.9 Å². The maximum Gasteiger partial charge on any atom is 0.407 e. The van der Waals surface area contributed by atoms with E-state index in [2.05, 4.69) is 31.4 Å². The number of hydrogen-bond acceptors (Lipinski definition) is 4. The maximum absolute atomic E-state index is 11.8. The molecule has 1 aliphatic rings. The van der Waals surface area contributed by atoms with E-state index in [-0.39, 0.29) is 30.3 Å². The van der Waals surface area contributed by atoms with E-state index >= 15 is 0 Å². The highest BCUT2D eigenvalue weighted by Crippen LogP contribution is 2.34. The van der Waals surface area contributed by atoms with Crippen molar-refractivity contribution in [3.63, 3.8) is 0 Å². The molecule has 180 valence electrons. The molecule has 1 fully saturated rings. The molecule has 0 aliphatic carbocycles. The summed E-state index contributed by atoms with van der Waals surface area (Å²) in [5, 5.41) is 5.96. The van der Waals surface area contributed by atoms with Crippen molar-refractivity contribution in [3.8, 4) is 0 Å². The fourth-order valence-electron chi connectivity index (χ4n) is 4.58. The second kappa shape index (κ2) is 14.1. The summed E-state index contributed by atoms with van der Waals surface area (Å²) >= 11 is 0. The van der Waals surface area contributed by atoms with Gasteiger partial charge in [0.05, 0.1) is 18.2 Å². The van der Waals surface area contributed by atoms with Gasteiger partial charge in [-0.15, -0.1) is 0 Å². The second-order valence-electron chi connectivity index (χ2n) is 9.11. The molecule has 0 bridgehead atoms. The van der Waals surface area contributed by atoms with Crippen molar-refractivity contribution in [1.82, 2.24) is 10.6 Å². The van der Waals surface area contributed by atoms with Gasteiger partial charge in [-0.1, -0.05) is 76.8 Å². The van der Waals surface area contributed by atoms with E-state index < -0.39 is 0 Å². The van der Waals surface area contributed by atoms with Crippen molar-refractivity contribution in [2.75, 3.05) is 6.54 Å². The van der Waals surface area contributed by atoms with Crippen molar-refractivity contribution in [2.45, 2.75) is 97.5 Å². The lowest BCUT2D eigenvalue weighted by molar-refractivity contribution is -0.138. The highest BCUT2D eigenvalue weighted by molar-refractivity contribution is 5.73. The topological polar surface area (TPSA) is 76.7 Å². The van der Waals surface area contributed by atoms with Crippen molar-refractivity contribution in [2.24, 2.45) is 11.8 Å². The Morgan fingerprint density at radius 3 is 2.34 bits per heavy atom. The zero-order valence-corrected chi connectivity index (χ0v) is 20.3. The molecular formula is C26H42N2O4. The first-order chi connectivity index (χ1) is 15.4. The number of carbonyl (C=O) groups excluding carboxylic acids is 2. The van der Waals surface area contributed by atoms with E-state index in [0.29, 0.717) is 25.0 Å². The van der Waals surface area contributed by atoms with Gasteiger partial charge >= 0.3 is 6.09 Å². The summed E-state index contributed by atoms with van der Waals surface area (Å²) in [6.07, 6.45) is 7.35. The average molecular weight is 447 g/mol. The van der Waals surface area contributed by atoms with Crippen LogP contribution < -0.4 is 10.6 Å². The molecule has 0 aromatic heterocycles. The smallest absolute Gasteiger partial charge is 0.407 e. The summed E-state index contributed by atoms with van der Waals surface area (Å²) in [7, 11) is 0. The first kappa shape index (κ1) is 26.2. The number of rotatable bonds is 12. The third kappa shape index (κ3) is 8.81. The quantitative estimate of drug-likeness (QED) is 0.432. The van der Waals surface area contributed by atoms with Gasteiger partial charge in [0.1, 0.15) is 6.61 Å². The number of alkyl carbamates (subject to hydrolysis) is 1. The molecular weight excluding hydrogens is 404 g/mol. The number of nitrogens with one attached hydrogen (secondary N) is 2. The molecule has 5 unspecified atom stereocenters. The number of carbonyl (C=O) groups is 2. The number of amides is 2. The van der Waals surface area contributed by atoms with Crippen LogP contribution in [0.15, 0.2) is 30.3 Å². The Bertz CT molecular complexity index is 682. The van der Waals surface area contributed by atoms with E-state index in [1.807, 2.05) is 30.3 Å². The fraction of sp³-hybridized carbons (Fsp3) is 0.692. The van der Waals surface area contributed by atoms with E-state index in [0.717, 1.165) is 50.5 Å². The van der Waals surface area contributed by atoms with Gasteiger partial charge in [-0.05, 0) is 36.7 Å². The van der Waals surface area contributed by atoms with Gasteiger partial charge in [-0.3, -0.25) is 4.79 Å². The van der Waals surface area contributed by atoms with Crippen LogP contribution in [0.25, 0.3) is 0 Å². The van der Waals surface area contributed by atoms with Crippen molar-refractivity contribution >= 4 is 12.0 Å². The monoisotopic (exact) mass is 446 g/mol. The van der Waals surface area contributed by atoms with Gasteiger partial charge in [0.15, 0.2) is 0 Å². The maximum atomic E-state index is 11.8. The first-order valence-corrected chi connectivity index (χ1v) is 12.3. The van der Waals surface area contributed by atoms with E-state index in [1.165, 1.54) is 0 Å². The lowest BCUT2D eigenvalue weighted by Gasteiger charge is -2.45. The van der Waals surface area contributed by atoms with Gasteiger partial charge in [-0.2, -0.15) is 0 Å². The Morgan fingerprint density at radius 1 is 0.969 bits per heavy atom. The third-order valence-electron chi connectivity index (χ3n) is 6.65. The lowest BCUT2D eigenvalue weighted by atomic mass is 9.78. The lowest BCUT2D eigenvalue weighted by Crippen LogP contribution is -2.56. The molecule has 2 rings (SSSR count). The van der Waals surface area contributed by atoms with Crippen LogP contribution in [0.4, 0.5) is 4.79 Å². The van der Waals surface area contributed by atoms with Crippen molar-refractivity contribution in [1.29, 1.82) is 0 Å². The van der Waals surface area contributed by atoms with Crippen LogP contribution in [-0.4, -0.2) is 36.8 Å². The van der Waals surface area contributed by atoms with Gasteiger partial charge in [0.2, 0.25) is 5.91 Å². The predicted octanol–water partition coefficient (Wildman–Crippen LogP) is 5.21. The molecule has 1 heterocycles. The van der Waals surface area contributed by atoms with Gasteiger partial charge in [0.25, 0.3) is 0 Å². The van der Waals surface area contributed by atoms with Crippen LogP contribution in [0.3, 0.4) is 0 Å². The average Bonchev–Trinajstić information content (AvgIpc) is 2.79. The number of hydrogen-bond donors (Lipinski definition) is 2. The largest absolute Gasteiger partial charge is 0.445 e. The molecule has 6 nitrogen and oxygen atoms in total. The molecule has 0 saturated carbocycles. The molecule has 2 amide bonds.